The van der Waals surface area contributed by atoms with Crippen molar-refractivity contribution < 1.29 is 23.3 Å². The van der Waals surface area contributed by atoms with Gasteiger partial charge >= 0.3 is 30.2 Å². The van der Waals surface area contributed by atoms with Crippen molar-refractivity contribution in [3.05, 3.63) is 62.5 Å². The van der Waals surface area contributed by atoms with E-state index in [2.05, 4.69) is 78.0 Å². The average Bonchev–Trinajstić information content (AvgIpc) is 3.04. The Labute approximate surface area is 157 Å². The van der Waals surface area contributed by atoms with Gasteiger partial charge in [0, 0.05) is 0 Å². The predicted octanol–water partition coefficient (Wildman–Crippen LogP) is 5.43. The normalized spacial score (nSPS) is 15.1. The summed E-state index contributed by atoms with van der Waals surface area (Å²) in [5.74, 6) is 0. The van der Waals surface area contributed by atoms with Crippen LogP contribution < -0.4 is 0 Å². The molecule has 0 spiro atoms. The van der Waals surface area contributed by atoms with E-state index in [0.717, 1.165) is 12.8 Å². The molecule has 22 heavy (non-hydrogen) atoms. The maximum absolute atomic E-state index is 3.30. The zero-order valence-corrected chi connectivity index (χ0v) is 19.8. The van der Waals surface area contributed by atoms with Crippen LogP contribution in [0.15, 0.2) is 35.5 Å². The Morgan fingerprint density at radius 1 is 0.773 bits per heavy atom. The van der Waals surface area contributed by atoms with E-state index in [4.69, 9.17) is 0 Å². The van der Waals surface area contributed by atoms with Gasteiger partial charge in [-0.3, -0.25) is 12.2 Å². The fraction of sp³-hybridized carbons (Fsp3) is 0.500. The molecule has 0 radical (unpaired) electrons. The van der Waals surface area contributed by atoms with E-state index in [-0.39, 0.29) is 14.9 Å². The molecule has 2 aliphatic carbocycles. The molecule has 2 aliphatic rings. The van der Waals surface area contributed by atoms with Crippen molar-refractivity contribution in [1.29, 1.82) is 0 Å². The summed E-state index contributed by atoms with van der Waals surface area (Å²) in [7, 11) is 0. The number of hydrogen-bond acceptors (Lipinski definition) is 0. The summed E-state index contributed by atoms with van der Waals surface area (Å²) in [4.78, 5) is 0. The van der Waals surface area contributed by atoms with Crippen molar-refractivity contribution in [3.63, 3.8) is 0 Å². The zero-order valence-electron chi connectivity index (χ0n) is 15.9. The second-order valence-corrected chi connectivity index (χ2v) is 6.89. The van der Waals surface area contributed by atoms with Crippen molar-refractivity contribution in [2.24, 2.45) is 10.8 Å². The van der Waals surface area contributed by atoms with Crippen LogP contribution in [0.4, 0.5) is 0 Å². The fourth-order valence-electron chi connectivity index (χ4n) is 1.84. The minimum atomic E-state index is 0. The summed E-state index contributed by atoms with van der Waals surface area (Å²) in [6.07, 6.45) is 17.3. The van der Waals surface area contributed by atoms with Crippen LogP contribution in [-0.4, -0.2) is 6.88 Å². The van der Waals surface area contributed by atoms with Gasteiger partial charge in [-0.15, -0.1) is 12.8 Å². The quantitative estimate of drug-likeness (QED) is 0.380. The van der Waals surface area contributed by atoms with E-state index >= 15 is 0 Å². The molecule has 0 saturated carbocycles. The first-order valence-electron chi connectivity index (χ1n) is 7.12. The molecule has 0 N–H and O–H groups in total. The summed E-state index contributed by atoms with van der Waals surface area (Å²) in [5, 5.41) is 0. The Hall–Kier alpha value is 0.0600. The Morgan fingerprint density at radius 2 is 1.05 bits per heavy atom. The van der Waals surface area contributed by atoms with Crippen LogP contribution in [0.1, 0.15) is 54.4 Å². The van der Waals surface area contributed by atoms with Crippen molar-refractivity contribution in [1.82, 2.24) is 0 Å². The molecule has 0 aromatic carbocycles. The predicted molar refractivity (Wildman–Crippen MR) is 101 cm³/mol. The Balaban J connectivity index is -0.000000273. The molecular weight excluding hydrogens is 360 g/mol. The second kappa shape index (κ2) is 12.5. The first-order chi connectivity index (χ1) is 9.21. The van der Waals surface area contributed by atoms with E-state index in [1.165, 1.54) is 11.1 Å². The van der Waals surface area contributed by atoms with Gasteiger partial charge in [0.15, 0.2) is 0 Å². The zero-order chi connectivity index (χ0) is 15.8. The number of allylic oxidation sites excluding steroid dienone is 8. The molecule has 0 fully saturated rings. The Bertz CT molecular complexity index is 372. The molecule has 0 unspecified atom stereocenters. The topological polar surface area (TPSA) is 0 Å². The van der Waals surface area contributed by atoms with Crippen LogP contribution in [0.3, 0.4) is 0 Å². The van der Waals surface area contributed by atoms with E-state index in [1.54, 1.807) is 23.3 Å². The van der Waals surface area contributed by atoms with Crippen molar-refractivity contribution in [2.75, 3.05) is 0 Å². The number of rotatable bonds is 0. The summed E-state index contributed by atoms with van der Waals surface area (Å²) in [5.41, 5.74) is 3.30. The van der Waals surface area contributed by atoms with Gasteiger partial charge in [-0.25, -0.2) is 23.3 Å². The van der Waals surface area contributed by atoms with Gasteiger partial charge in [-0.2, -0.15) is 12.2 Å². The van der Waals surface area contributed by atoms with E-state index < -0.39 is 0 Å². The molecular formula is C20H34SiZr-4. The van der Waals surface area contributed by atoms with Crippen LogP contribution in [0, 0.1) is 37.8 Å². The van der Waals surface area contributed by atoms with Crippen LogP contribution in [0.25, 0.3) is 0 Å². The van der Waals surface area contributed by atoms with Gasteiger partial charge in [0.25, 0.3) is 0 Å². The first-order valence-corrected chi connectivity index (χ1v) is 13.0. The van der Waals surface area contributed by atoms with Gasteiger partial charge in [0.2, 0.25) is 0 Å². The molecule has 126 valence electrons. The Kier molecular flexibility index (Phi) is 15.3. The molecule has 0 saturated heterocycles. The van der Waals surface area contributed by atoms with E-state index in [0.29, 0.717) is 10.8 Å². The summed E-state index contributed by atoms with van der Waals surface area (Å²) in [6.45, 7) is 15.2. The van der Waals surface area contributed by atoms with Crippen molar-refractivity contribution in [2.45, 2.75) is 54.4 Å². The summed E-state index contributed by atoms with van der Waals surface area (Å²) >= 11 is 1.58. The minimum absolute atomic E-state index is 0. The van der Waals surface area contributed by atoms with Crippen LogP contribution in [0.5, 0.6) is 0 Å². The van der Waals surface area contributed by atoms with Gasteiger partial charge < -0.3 is 14.9 Å². The number of hydrogen-bond donors (Lipinski definition) is 0. The van der Waals surface area contributed by atoms with Crippen LogP contribution in [-0.2, 0) is 23.3 Å². The summed E-state index contributed by atoms with van der Waals surface area (Å²) < 4.78 is 0. The third-order valence-corrected chi connectivity index (χ3v) is 3.01. The van der Waals surface area contributed by atoms with Crippen molar-refractivity contribution >= 4 is 6.88 Å². The molecule has 0 nitrogen and oxygen atoms in total. The monoisotopic (exact) mass is 392 g/mol. The molecule has 0 amide bonds. The molecule has 2 heteroatoms. The molecule has 0 heterocycles. The Morgan fingerprint density at radius 3 is 1.14 bits per heavy atom. The standard InChI is InChI=1S/2C9H13.2CH3.H2Si.Zr/c2*1-9(2,3)8-6-4-5-7-8;;;;/h2*4,6H,5H2,1-3H3;2*1H3;1H2;/q4*-1;;. The van der Waals surface area contributed by atoms with Gasteiger partial charge in [-0.05, 0) is 10.8 Å². The van der Waals surface area contributed by atoms with E-state index in [9.17, 15) is 0 Å². The SMILES string of the molecule is CC(C)(C)C1=[C-]CC=C1.CC(C)(C)C1=[C-]CC=C1.[CH3-].[CH3-].[SiH2]=[Zr]. The summed E-state index contributed by atoms with van der Waals surface area (Å²) in [6, 6.07) is 0. The van der Waals surface area contributed by atoms with Crippen LogP contribution >= 0.6 is 0 Å². The van der Waals surface area contributed by atoms with Gasteiger partial charge in [0.1, 0.15) is 0 Å². The van der Waals surface area contributed by atoms with Crippen LogP contribution in [0.2, 0.25) is 0 Å². The van der Waals surface area contributed by atoms with Gasteiger partial charge in [0.05, 0.1) is 0 Å². The van der Waals surface area contributed by atoms with Crippen molar-refractivity contribution in [3.8, 4) is 0 Å². The fourth-order valence-corrected chi connectivity index (χ4v) is 1.84. The third kappa shape index (κ3) is 10.7. The van der Waals surface area contributed by atoms with E-state index in [1.807, 2.05) is 6.88 Å². The molecule has 0 aliphatic heterocycles. The third-order valence-electron chi connectivity index (χ3n) is 3.01. The van der Waals surface area contributed by atoms with Gasteiger partial charge in [-0.1, -0.05) is 41.5 Å². The molecule has 0 atom stereocenters. The second-order valence-electron chi connectivity index (χ2n) is 6.89. The molecule has 0 bridgehead atoms. The molecule has 2 rings (SSSR count). The average molecular weight is 394 g/mol. The first kappa shape index (κ1) is 26.9. The molecule has 0 aromatic rings. The molecule has 0 aromatic heterocycles. The maximum atomic E-state index is 3.30.